The molecule has 5 atom stereocenters. The molecule has 16 nitrogen and oxygen atoms in total. The molecule has 37 heavy (non-hydrogen) atoms. The Balaban J connectivity index is 5.49. The van der Waals surface area contributed by atoms with Gasteiger partial charge >= 0.3 is 5.97 Å². The summed E-state index contributed by atoms with van der Waals surface area (Å²) in [6, 6.07) is -4.70. The number of amides is 3. The van der Waals surface area contributed by atoms with E-state index in [4.69, 9.17) is 33.8 Å². The minimum absolute atomic E-state index is 0.0532. The zero-order valence-electron chi connectivity index (χ0n) is 21.4. The van der Waals surface area contributed by atoms with Gasteiger partial charge in [-0.1, -0.05) is 20.3 Å². The van der Waals surface area contributed by atoms with Crippen LogP contribution >= 0.6 is 0 Å². The fourth-order valence-corrected chi connectivity index (χ4v) is 3.10. The highest BCUT2D eigenvalue weighted by Crippen LogP contribution is 2.10. The number of rotatable bonds is 18. The van der Waals surface area contributed by atoms with Gasteiger partial charge in [0.2, 0.25) is 17.7 Å². The van der Waals surface area contributed by atoms with E-state index < -0.39 is 54.5 Å². The van der Waals surface area contributed by atoms with Crippen LogP contribution in [0.3, 0.4) is 0 Å². The molecule has 16 heteroatoms. The van der Waals surface area contributed by atoms with Crippen LogP contribution in [-0.4, -0.2) is 89.7 Å². The van der Waals surface area contributed by atoms with Gasteiger partial charge in [0.1, 0.15) is 18.1 Å². The molecular formula is C21H42N10O6. The van der Waals surface area contributed by atoms with Gasteiger partial charge in [-0.25, -0.2) is 4.79 Å². The summed E-state index contributed by atoms with van der Waals surface area (Å²) in [5.41, 5.74) is 27.1. The second-order valence-corrected chi connectivity index (χ2v) is 8.52. The number of carbonyl (C=O) groups excluding carboxylic acids is 3. The number of carbonyl (C=O) groups is 4. The van der Waals surface area contributed by atoms with Crippen molar-refractivity contribution in [2.75, 3.05) is 19.7 Å². The molecule has 15 N–H and O–H groups in total. The summed E-state index contributed by atoms with van der Waals surface area (Å²) in [6.45, 7) is 3.17. The molecule has 0 fully saturated rings. The molecule has 0 aliphatic rings. The third-order valence-electron chi connectivity index (χ3n) is 5.47. The first kappa shape index (κ1) is 33.3. The number of aliphatic hydroxyl groups excluding tert-OH is 1. The molecule has 5 unspecified atom stereocenters. The van der Waals surface area contributed by atoms with Crippen LogP contribution in [0.1, 0.15) is 46.0 Å². The van der Waals surface area contributed by atoms with E-state index in [1.165, 1.54) is 0 Å². The number of nitrogens with one attached hydrogen (secondary N) is 3. The van der Waals surface area contributed by atoms with Crippen LogP contribution in [0.15, 0.2) is 9.98 Å². The second kappa shape index (κ2) is 17.7. The van der Waals surface area contributed by atoms with Crippen LogP contribution < -0.4 is 44.6 Å². The lowest BCUT2D eigenvalue weighted by Crippen LogP contribution is -2.58. The van der Waals surface area contributed by atoms with Gasteiger partial charge in [-0.3, -0.25) is 24.4 Å². The summed E-state index contributed by atoms with van der Waals surface area (Å²) in [6.07, 6.45) is 1.56. The van der Waals surface area contributed by atoms with Gasteiger partial charge < -0.3 is 54.8 Å². The highest BCUT2D eigenvalue weighted by molar-refractivity contribution is 5.94. The molecule has 0 aromatic heterocycles. The Hall–Kier alpha value is -3.66. The van der Waals surface area contributed by atoms with Crippen molar-refractivity contribution in [3.05, 3.63) is 0 Å². The van der Waals surface area contributed by atoms with Crippen molar-refractivity contribution in [2.24, 2.45) is 44.6 Å². The van der Waals surface area contributed by atoms with E-state index in [-0.39, 0.29) is 43.6 Å². The lowest BCUT2D eigenvalue weighted by atomic mass is 9.96. The quantitative estimate of drug-likeness (QED) is 0.0462. The molecular weight excluding hydrogens is 488 g/mol. The van der Waals surface area contributed by atoms with Gasteiger partial charge in [0.15, 0.2) is 11.9 Å². The Kier molecular flexibility index (Phi) is 16.0. The Morgan fingerprint density at radius 3 is 1.78 bits per heavy atom. The predicted molar refractivity (Wildman–Crippen MR) is 138 cm³/mol. The predicted octanol–water partition coefficient (Wildman–Crippen LogP) is -4.00. The molecule has 0 aliphatic carbocycles. The van der Waals surface area contributed by atoms with Crippen LogP contribution in [0.25, 0.3) is 0 Å². The average Bonchev–Trinajstić information content (AvgIpc) is 2.83. The van der Waals surface area contributed by atoms with Crippen molar-refractivity contribution >= 4 is 35.6 Å². The first-order valence-corrected chi connectivity index (χ1v) is 11.9. The van der Waals surface area contributed by atoms with Gasteiger partial charge in [0.25, 0.3) is 0 Å². The SMILES string of the molecule is CCC(C)C(NC(=O)C(N)CCCN=C(N)N)C(=O)NC(CCCN=C(N)N)C(=O)NC(CO)C(=O)O. The summed E-state index contributed by atoms with van der Waals surface area (Å²) in [4.78, 5) is 57.4. The summed E-state index contributed by atoms with van der Waals surface area (Å²) >= 11 is 0. The molecule has 0 saturated carbocycles. The van der Waals surface area contributed by atoms with Crippen molar-refractivity contribution in [1.82, 2.24) is 16.0 Å². The lowest BCUT2D eigenvalue weighted by Gasteiger charge is -2.28. The van der Waals surface area contributed by atoms with E-state index in [0.29, 0.717) is 19.4 Å². The number of aliphatic hydroxyl groups is 1. The molecule has 0 aromatic carbocycles. The number of aliphatic imine (C=N–C) groups is 2. The molecule has 0 radical (unpaired) electrons. The number of carboxylic acid groups (broad SMARTS) is 1. The molecule has 0 rings (SSSR count). The summed E-state index contributed by atoms with van der Waals surface area (Å²) in [5.74, 6) is -4.04. The van der Waals surface area contributed by atoms with E-state index in [0.717, 1.165) is 0 Å². The van der Waals surface area contributed by atoms with Crippen LogP contribution in [0.2, 0.25) is 0 Å². The highest BCUT2D eigenvalue weighted by Gasteiger charge is 2.32. The van der Waals surface area contributed by atoms with E-state index in [9.17, 15) is 24.3 Å². The summed E-state index contributed by atoms with van der Waals surface area (Å²) < 4.78 is 0. The van der Waals surface area contributed by atoms with Crippen LogP contribution in [0, 0.1) is 5.92 Å². The number of aliphatic carboxylic acids is 1. The van der Waals surface area contributed by atoms with Crippen molar-refractivity contribution < 1.29 is 29.4 Å². The van der Waals surface area contributed by atoms with Gasteiger partial charge in [0.05, 0.1) is 12.6 Å². The fraction of sp³-hybridized carbons (Fsp3) is 0.714. The van der Waals surface area contributed by atoms with Crippen molar-refractivity contribution in [1.29, 1.82) is 0 Å². The van der Waals surface area contributed by atoms with Crippen molar-refractivity contribution in [2.45, 2.75) is 70.1 Å². The molecule has 0 aromatic rings. The zero-order valence-corrected chi connectivity index (χ0v) is 21.4. The molecule has 212 valence electrons. The highest BCUT2D eigenvalue weighted by atomic mass is 16.4. The minimum Gasteiger partial charge on any atom is -0.480 e. The first-order chi connectivity index (χ1) is 17.3. The van der Waals surface area contributed by atoms with E-state index >= 15 is 0 Å². The van der Waals surface area contributed by atoms with Gasteiger partial charge in [-0.2, -0.15) is 0 Å². The van der Waals surface area contributed by atoms with E-state index in [2.05, 4.69) is 25.9 Å². The molecule has 0 spiro atoms. The van der Waals surface area contributed by atoms with Crippen LogP contribution in [0.4, 0.5) is 0 Å². The largest absolute Gasteiger partial charge is 0.480 e. The number of carboxylic acids is 1. The van der Waals surface area contributed by atoms with E-state index in [1.54, 1.807) is 6.92 Å². The van der Waals surface area contributed by atoms with Crippen LogP contribution in [-0.2, 0) is 19.2 Å². The van der Waals surface area contributed by atoms with Crippen LogP contribution in [0.5, 0.6) is 0 Å². The first-order valence-electron chi connectivity index (χ1n) is 11.9. The third-order valence-corrected chi connectivity index (χ3v) is 5.47. The number of hydrogen-bond acceptors (Lipinski definition) is 8. The topological polar surface area (TPSA) is 300 Å². The number of nitrogens with zero attached hydrogens (tertiary/aromatic N) is 2. The maximum atomic E-state index is 13.2. The number of hydrogen-bond donors (Lipinski definition) is 10. The Morgan fingerprint density at radius 1 is 0.811 bits per heavy atom. The molecule has 0 saturated heterocycles. The Bertz CT molecular complexity index is 814. The molecule has 0 heterocycles. The molecule has 0 aliphatic heterocycles. The van der Waals surface area contributed by atoms with Gasteiger partial charge in [-0.15, -0.1) is 0 Å². The average molecular weight is 531 g/mol. The maximum Gasteiger partial charge on any atom is 0.328 e. The summed E-state index contributed by atoms with van der Waals surface area (Å²) in [7, 11) is 0. The lowest BCUT2D eigenvalue weighted by molar-refractivity contribution is -0.143. The summed E-state index contributed by atoms with van der Waals surface area (Å²) in [5, 5.41) is 25.7. The van der Waals surface area contributed by atoms with Gasteiger partial charge in [0, 0.05) is 13.1 Å². The third kappa shape index (κ3) is 13.9. The van der Waals surface area contributed by atoms with Gasteiger partial charge in [-0.05, 0) is 31.6 Å². The fourth-order valence-electron chi connectivity index (χ4n) is 3.10. The normalized spacial score (nSPS) is 14.7. The van der Waals surface area contributed by atoms with Crippen molar-refractivity contribution in [3.8, 4) is 0 Å². The van der Waals surface area contributed by atoms with Crippen molar-refractivity contribution in [3.63, 3.8) is 0 Å². The zero-order chi connectivity index (χ0) is 28.5. The monoisotopic (exact) mass is 530 g/mol. The minimum atomic E-state index is -1.56. The smallest absolute Gasteiger partial charge is 0.328 e. The molecule has 3 amide bonds. The number of guanidine groups is 2. The molecule has 0 bridgehead atoms. The maximum absolute atomic E-state index is 13.2. The Morgan fingerprint density at radius 2 is 1.32 bits per heavy atom. The second-order valence-electron chi connectivity index (χ2n) is 8.52. The Labute approximate surface area is 215 Å². The van der Waals surface area contributed by atoms with E-state index in [1.807, 2.05) is 6.92 Å². The standard InChI is InChI=1S/C21H42N10O6/c1-3-11(2)15(31-16(33)12(22)6-4-8-27-20(23)24)18(35)29-13(7-5-9-28-21(25)26)17(34)30-14(10-32)19(36)37/h11-15,32H,3-10,22H2,1-2H3,(H,29,35)(H,30,34)(H,31,33)(H,36,37)(H4,23,24,27)(H4,25,26,28). The number of nitrogens with two attached hydrogens (primary N) is 5.